The third kappa shape index (κ3) is 2.92. The van der Waals surface area contributed by atoms with Gasteiger partial charge >= 0.3 is 6.55 Å². The molecule has 0 amide bonds. The summed E-state index contributed by atoms with van der Waals surface area (Å²) in [6.07, 6.45) is 4.32. The van der Waals surface area contributed by atoms with Crippen molar-refractivity contribution in [3.63, 3.8) is 0 Å². The molecule has 3 nitrogen and oxygen atoms in total. The average molecular weight is 277 g/mol. The van der Waals surface area contributed by atoms with Gasteiger partial charge in [0.2, 0.25) is 0 Å². The summed E-state index contributed by atoms with van der Waals surface area (Å²) in [5.74, 6) is 0. The van der Waals surface area contributed by atoms with Crippen LogP contribution in [0.1, 0.15) is 32.4 Å². The Morgan fingerprint density at radius 2 is 2.20 bits per heavy atom. The van der Waals surface area contributed by atoms with E-state index in [4.69, 9.17) is 0 Å². The SMILES string of the molecule is CC/C(C)=C\C(=NC)c1ccc2nn(C(F)F)cc2c1. The number of rotatable bonds is 4. The van der Waals surface area contributed by atoms with E-state index in [2.05, 4.69) is 17.0 Å². The second-order valence-corrected chi connectivity index (χ2v) is 4.61. The Labute approximate surface area is 116 Å². The predicted octanol–water partition coefficient (Wildman–Crippen LogP) is 4.21. The molecule has 0 aliphatic heterocycles. The van der Waals surface area contributed by atoms with Gasteiger partial charge in [-0.15, -0.1) is 0 Å². The molecule has 20 heavy (non-hydrogen) atoms. The predicted molar refractivity (Wildman–Crippen MR) is 77.5 cm³/mol. The maximum Gasteiger partial charge on any atom is 0.333 e. The lowest BCUT2D eigenvalue weighted by molar-refractivity contribution is 0.0574. The Hall–Kier alpha value is -2.04. The molecule has 0 N–H and O–H groups in total. The van der Waals surface area contributed by atoms with Gasteiger partial charge in [-0.25, -0.2) is 4.68 Å². The minimum Gasteiger partial charge on any atom is -0.288 e. The van der Waals surface area contributed by atoms with E-state index < -0.39 is 6.55 Å². The van der Waals surface area contributed by atoms with Gasteiger partial charge in [0.1, 0.15) is 0 Å². The lowest BCUT2D eigenvalue weighted by Gasteiger charge is -2.03. The third-order valence-electron chi connectivity index (χ3n) is 3.20. The molecule has 5 heteroatoms. The average Bonchev–Trinajstić information content (AvgIpc) is 2.87. The van der Waals surface area contributed by atoms with Crippen LogP contribution >= 0.6 is 0 Å². The van der Waals surface area contributed by atoms with Crippen molar-refractivity contribution in [2.24, 2.45) is 4.99 Å². The minimum atomic E-state index is -2.62. The van der Waals surface area contributed by atoms with E-state index in [0.29, 0.717) is 15.6 Å². The normalized spacial score (nSPS) is 13.5. The van der Waals surface area contributed by atoms with E-state index in [1.807, 2.05) is 25.1 Å². The highest BCUT2D eigenvalue weighted by atomic mass is 19.3. The van der Waals surface area contributed by atoms with E-state index >= 15 is 0 Å². The molecule has 1 aromatic heterocycles. The molecular formula is C15H17F2N3. The molecule has 0 aliphatic rings. The first-order valence-corrected chi connectivity index (χ1v) is 6.46. The minimum absolute atomic E-state index is 0.556. The zero-order chi connectivity index (χ0) is 14.7. The number of hydrogen-bond donors (Lipinski definition) is 0. The van der Waals surface area contributed by atoms with Crippen molar-refractivity contribution in [3.8, 4) is 0 Å². The van der Waals surface area contributed by atoms with Crippen molar-refractivity contribution < 1.29 is 8.78 Å². The van der Waals surface area contributed by atoms with Crippen LogP contribution in [0.4, 0.5) is 8.78 Å². The summed E-state index contributed by atoms with van der Waals surface area (Å²) in [7, 11) is 1.72. The number of hydrogen-bond acceptors (Lipinski definition) is 2. The van der Waals surface area contributed by atoms with Crippen LogP contribution in [0, 0.1) is 0 Å². The van der Waals surface area contributed by atoms with Gasteiger partial charge < -0.3 is 0 Å². The summed E-state index contributed by atoms with van der Waals surface area (Å²) in [6.45, 7) is 1.50. The van der Waals surface area contributed by atoms with Gasteiger partial charge in [-0.2, -0.15) is 13.9 Å². The first kappa shape index (κ1) is 14.4. The van der Waals surface area contributed by atoms with E-state index in [0.717, 1.165) is 17.7 Å². The number of fused-ring (bicyclic) bond motifs is 1. The van der Waals surface area contributed by atoms with Crippen molar-refractivity contribution in [1.82, 2.24) is 9.78 Å². The van der Waals surface area contributed by atoms with Gasteiger partial charge in [0.25, 0.3) is 0 Å². The number of alkyl halides is 2. The van der Waals surface area contributed by atoms with E-state index in [9.17, 15) is 8.78 Å². The van der Waals surface area contributed by atoms with E-state index in [-0.39, 0.29) is 0 Å². The fourth-order valence-electron chi connectivity index (χ4n) is 1.92. The second kappa shape index (κ2) is 5.94. The highest BCUT2D eigenvalue weighted by molar-refractivity contribution is 6.10. The van der Waals surface area contributed by atoms with Crippen molar-refractivity contribution in [2.45, 2.75) is 26.8 Å². The second-order valence-electron chi connectivity index (χ2n) is 4.61. The number of allylic oxidation sites excluding steroid dienone is 2. The number of aromatic nitrogens is 2. The zero-order valence-corrected chi connectivity index (χ0v) is 11.8. The number of halogens is 2. The maximum absolute atomic E-state index is 12.6. The van der Waals surface area contributed by atoms with Gasteiger partial charge in [-0.05, 0) is 31.6 Å². The fraction of sp³-hybridized carbons (Fsp3) is 0.333. The molecule has 2 aromatic rings. The topological polar surface area (TPSA) is 30.2 Å². The van der Waals surface area contributed by atoms with Crippen LogP contribution in [0.5, 0.6) is 0 Å². The smallest absolute Gasteiger partial charge is 0.288 e. The molecule has 0 atom stereocenters. The fourth-order valence-corrected chi connectivity index (χ4v) is 1.92. The van der Waals surface area contributed by atoms with E-state index in [1.165, 1.54) is 11.8 Å². The van der Waals surface area contributed by atoms with Crippen LogP contribution in [-0.2, 0) is 0 Å². The van der Waals surface area contributed by atoms with Crippen LogP contribution in [0.25, 0.3) is 10.9 Å². The molecular weight excluding hydrogens is 260 g/mol. The van der Waals surface area contributed by atoms with Gasteiger partial charge in [0, 0.05) is 24.2 Å². The summed E-state index contributed by atoms with van der Waals surface area (Å²) in [4.78, 5) is 4.26. The molecule has 0 saturated carbocycles. The maximum atomic E-state index is 12.6. The Balaban J connectivity index is 2.45. The molecule has 106 valence electrons. The van der Waals surface area contributed by atoms with Crippen molar-refractivity contribution in [1.29, 1.82) is 0 Å². The van der Waals surface area contributed by atoms with Gasteiger partial charge in [0.15, 0.2) is 0 Å². The molecule has 0 spiro atoms. The monoisotopic (exact) mass is 277 g/mol. The quantitative estimate of drug-likeness (QED) is 0.770. The third-order valence-corrected chi connectivity index (χ3v) is 3.20. The molecule has 0 fully saturated rings. The van der Waals surface area contributed by atoms with Gasteiger partial charge in [-0.1, -0.05) is 18.6 Å². The number of nitrogens with zero attached hydrogens (tertiary/aromatic N) is 3. The van der Waals surface area contributed by atoms with E-state index in [1.54, 1.807) is 13.1 Å². The summed E-state index contributed by atoms with van der Waals surface area (Å²) >= 11 is 0. The first-order chi connectivity index (χ1) is 9.55. The lowest BCUT2D eigenvalue weighted by Crippen LogP contribution is -1.97. The van der Waals surface area contributed by atoms with Crippen LogP contribution in [0.3, 0.4) is 0 Å². The van der Waals surface area contributed by atoms with Crippen LogP contribution in [0.2, 0.25) is 0 Å². The van der Waals surface area contributed by atoms with Gasteiger partial charge in [-0.3, -0.25) is 4.99 Å². The molecule has 0 bridgehead atoms. The number of aliphatic imine (C=N–C) groups is 1. The van der Waals surface area contributed by atoms with Crippen LogP contribution < -0.4 is 0 Å². The summed E-state index contributed by atoms with van der Waals surface area (Å²) in [5.41, 5.74) is 3.52. The van der Waals surface area contributed by atoms with Crippen molar-refractivity contribution in [3.05, 3.63) is 41.6 Å². The molecule has 2 rings (SSSR count). The standard InChI is InChI=1S/C15H17F2N3/c1-4-10(2)7-14(18-3)11-5-6-13-12(8-11)9-20(19-13)15(16)17/h5-9,15H,4H2,1-3H3/b10-7-,18-14?. The van der Waals surface area contributed by atoms with Crippen molar-refractivity contribution in [2.75, 3.05) is 7.05 Å². The van der Waals surface area contributed by atoms with Crippen molar-refractivity contribution >= 4 is 16.6 Å². The lowest BCUT2D eigenvalue weighted by atomic mass is 10.0. The summed E-state index contributed by atoms with van der Waals surface area (Å²) in [5, 5.41) is 4.51. The highest BCUT2D eigenvalue weighted by Gasteiger charge is 2.10. The molecule has 0 saturated heterocycles. The molecule has 0 aliphatic carbocycles. The Morgan fingerprint density at radius 1 is 1.45 bits per heavy atom. The molecule has 0 unspecified atom stereocenters. The molecule has 0 radical (unpaired) electrons. The first-order valence-electron chi connectivity index (χ1n) is 6.46. The Kier molecular flexibility index (Phi) is 4.27. The highest BCUT2D eigenvalue weighted by Crippen LogP contribution is 2.19. The number of benzene rings is 1. The molecule has 1 heterocycles. The van der Waals surface area contributed by atoms with Gasteiger partial charge in [0.05, 0.1) is 11.2 Å². The zero-order valence-electron chi connectivity index (χ0n) is 11.8. The summed E-state index contributed by atoms with van der Waals surface area (Å²) in [6, 6.07) is 5.43. The Bertz CT molecular complexity index is 669. The van der Waals surface area contributed by atoms with Crippen LogP contribution in [0.15, 0.2) is 41.0 Å². The molecule has 1 aromatic carbocycles. The summed E-state index contributed by atoms with van der Waals surface area (Å²) < 4.78 is 25.9. The largest absolute Gasteiger partial charge is 0.333 e. The van der Waals surface area contributed by atoms with Crippen LogP contribution in [-0.4, -0.2) is 22.5 Å². The Morgan fingerprint density at radius 3 is 2.80 bits per heavy atom.